The van der Waals surface area contributed by atoms with E-state index in [1.165, 1.54) is 0 Å². The number of aliphatic hydroxyl groups is 1. The van der Waals surface area contributed by atoms with E-state index >= 15 is 0 Å². The highest BCUT2D eigenvalue weighted by molar-refractivity contribution is 5.75. The molecule has 102 valence electrons. The molecule has 0 spiro atoms. The molecule has 4 nitrogen and oxygen atoms in total. The maximum absolute atomic E-state index is 11.5. The summed E-state index contributed by atoms with van der Waals surface area (Å²) in [5.74, 6) is -0.0225. The van der Waals surface area contributed by atoms with E-state index in [1.54, 1.807) is 6.92 Å². The van der Waals surface area contributed by atoms with Gasteiger partial charge in [-0.05, 0) is 33.1 Å². The quantitative estimate of drug-likeness (QED) is 0.652. The summed E-state index contributed by atoms with van der Waals surface area (Å²) in [6.07, 6.45) is 2.56. The predicted molar refractivity (Wildman–Crippen MR) is 68.9 cm³/mol. The van der Waals surface area contributed by atoms with Gasteiger partial charge in [0.25, 0.3) is 0 Å². The maximum Gasteiger partial charge on any atom is 0.220 e. The van der Waals surface area contributed by atoms with Gasteiger partial charge in [0.15, 0.2) is 0 Å². The van der Waals surface area contributed by atoms with Crippen molar-refractivity contribution in [3.05, 3.63) is 0 Å². The van der Waals surface area contributed by atoms with Gasteiger partial charge in [-0.1, -0.05) is 13.8 Å². The summed E-state index contributed by atoms with van der Waals surface area (Å²) in [4.78, 5) is 11.5. The zero-order valence-electron chi connectivity index (χ0n) is 11.6. The number of carbonyl (C=O) groups excluding carboxylic acids is 1. The second kappa shape index (κ2) is 8.48. The van der Waals surface area contributed by atoms with Crippen LogP contribution in [0.15, 0.2) is 0 Å². The van der Waals surface area contributed by atoms with E-state index in [2.05, 4.69) is 19.2 Å². The lowest BCUT2D eigenvalue weighted by Gasteiger charge is -2.28. The van der Waals surface area contributed by atoms with Gasteiger partial charge in [0, 0.05) is 19.6 Å². The number of nitrogens with one attached hydrogen (secondary N) is 1. The molecular weight excluding hydrogens is 218 g/mol. The molecule has 2 N–H and O–H groups in total. The Bertz CT molecular complexity index is 219. The first-order chi connectivity index (χ1) is 7.93. The Hall–Kier alpha value is -0.610. The van der Waals surface area contributed by atoms with Crippen LogP contribution >= 0.6 is 0 Å². The number of hydrogen-bond donors (Lipinski definition) is 2. The standard InChI is InChI=1S/C13H27NO3/c1-5-9-17-13(4,6-2)8-7-12(16)14-10-11(3)15/h11,15H,5-10H2,1-4H3,(H,14,16). The van der Waals surface area contributed by atoms with Crippen LogP contribution < -0.4 is 5.32 Å². The second-order valence-corrected chi connectivity index (χ2v) is 4.81. The zero-order chi connectivity index (χ0) is 13.3. The van der Waals surface area contributed by atoms with E-state index in [4.69, 9.17) is 9.84 Å². The van der Waals surface area contributed by atoms with Crippen molar-refractivity contribution in [3.63, 3.8) is 0 Å². The third-order valence-electron chi connectivity index (χ3n) is 2.88. The van der Waals surface area contributed by atoms with E-state index in [0.717, 1.165) is 25.9 Å². The number of hydrogen-bond acceptors (Lipinski definition) is 3. The lowest BCUT2D eigenvalue weighted by Crippen LogP contribution is -2.34. The molecule has 0 saturated carbocycles. The topological polar surface area (TPSA) is 58.6 Å². The Kier molecular flexibility index (Phi) is 8.17. The van der Waals surface area contributed by atoms with E-state index < -0.39 is 6.10 Å². The molecule has 1 amide bonds. The molecule has 0 aromatic heterocycles. The van der Waals surface area contributed by atoms with E-state index in [0.29, 0.717) is 13.0 Å². The highest BCUT2D eigenvalue weighted by Crippen LogP contribution is 2.21. The van der Waals surface area contributed by atoms with Gasteiger partial charge in [-0.3, -0.25) is 4.79 Å². The zero-order valence-corrected chi connectivity index (χ0v) is 11.6. The molecule has 0 radical (unpaired) electrons. The Balaban J connectivity index is 3.92. The number of rotatable bonds is 9. The molecule has 4 heteroatoms. The van der Waals surface area contributed by atoms with Crippen LogP contribution in [0, 0.1) is 0 Å². The van der Waals surface area contributed by atoms with Crippen LogP contribution in [0.5, 0.6) is 0 Å². The van der Waals surface area contributed by atoms with Crippen molar-refractivity contribution < 1.29 is 14.6 Å². The molecule has 0 saturated heterocycles. The molecule has 0 aliphatic carbocycles. The summed E-state index contributed by atoms with van der Waals surface area (Å²) >= 11 is 0. The molecule has 2 atom stereocenters. The molecule has 2 unspecified atom stereocenters. The van der Waals surface area contributed by atoms with Gasteiger partial charge in [0.2, 0.25) is 5.91 Å². The fourth-order valence-electron chi connectivity index (χ4n) is 1.43. The molecule has 0 aliphatic heterocycles. The summed E-state index contributed by atoms with van der Waals surface area (Å²) in [6.45, 7) is 8.90. The van der Waals surface area contributed by atoms with Gasteiger partial charge < -0.3 is 15.2 Å². The minimum atomic E-state index is -0.493. The molecule has 0 bridgehead atoms. The minimum Gasteiger partial charge on any atom is -0.392 e. The van der Waals surface area contributed by atoms with Gasteiger partial charge >= 0.3 is 0 Å². The fraction of sp³-hybridized carbons (Fsp3) is 0.923. The first-order valence-corrected chi connectivity index (χ1v) is 6.52. The Labute approximate surface area is 105 Å². The molecule has 0 aromatic rings. The number of amides is 1. The fourth-order valence-corrected chi connectivity index (χ4v) is 1.43. The van der Waals surface area contributed by atoms with Crippen molar-refractivity contribution >= 4 is 5.91 Å². The smallest absolute Gasteiger partial charge is 0.220 e. The van der Waals surface area contributed by atoms with Crippen LogP contribution in [-0.4, -0.2) is 35.9 Å². The van der Waals surface area contributed by atoms with Gasteiger partial charge in [-0.25, -0.2) is 0 Å². The Morgan fingerprint density at radius 1 is 1.47 bits per heavy atom. The van der Waals surface area contributed by atoms with Crippen LogP contribution in [0.3, 0.4) is 0 Å². The monoisotopic (exact) mass is 245 g/mol. The van der Waals surface area contributed by atoms with Gasteiger partial charge in [0.05, 0.1) is 11.7 Å². The largest absolute Gasteiger partial charge is 0.392 e. The van der Waals surface area contributed by atoms with Crippen molar-refractivity contribution in [1.29, 1.82) is 0 Å². The SMILES string of the molecule is CCCOC(C)(CC)CCC(=O)NCC(C)O. The summed E-state index contributed by atoms with van der Waals surface area (Å²) in [5.41, 5.74) is -0.210. The average Bonchev–Trinajstić information content (AvgIpc) is 2.31. The number of ether oxygens (including phenoxy) is 1. The highest BCUT2D eigenvalue weighted by Gasteiger charge is 2.23. The first-order valence-electron chi connectivity index (χ1n) is 6.52. The summed E-state index contributed by atoms with van der Waals surface area (Å²) in [6, 6.07) is 0. The van der Waals surface area contributed by atoms with Crippen LogP contribution in [-0.2, 0) is 9.53 Å². The van der Waals surface area contributed by atoms with Crippen molar-refractivity contribution in [2.24, 2.45) is 0 Å². The predicted octanol–water partition coefficient (Wildman–Crippen LogP) is 1.86. The molecule has 0 heterocycles. The molecular formula is C13H27NO3. The van der Waals surface area contributed by atoms with Gasteiger partial charge in [-0.15, -0.1) is 0 Å². The van der Waals surface area contributed by atoms with Crippen LogP contribution in [0.1, 0.15) is 53.4 Å². The summed E-state index contributed by atoms with van der Waals surface area (Å²) in [7, 11) is 0. The molecule has 0 aromatic carbocycles. The van der Waals surface area contributed by atoms with E-state index in [9.17, 15) is 4.79 Å². The lowest BCUT2D eigenvalue weighted by molar-refractivity contribution is -0.123. The van der Waals surface area contributed by atoms with Gasteiger partial charge in [0.1, 0.15) is 0 Å². The van der Waals surface area contributed by atoms with E-state index in [-0.39, 0.29) is 11.5 Å². The first kappa shape index (κ1) is 16.4. The Morgan fingerprint density at radius 3 is 2.59 bits per heavy atom. The van der Waals surface area contributed by atoms with Crippen LogP contribution in [0.4, 0.5) is 0 Å². The van der Waals surface area contributed by atoms with Crippen molar-refractivity contribution in [2.45, 2.75) is 65.1 Å². The van der Waals surface area contributed by atoms with Crippen LogP contribution in [0.25, 0.3) is 0 Å². The van der Waals surface area contributed by atoms with Crippen molar-refractivity contribution in [1.82, 2.24) is 5.32 Å². The average molecular weight is 245 g/mol. The summed E-state index contributed by atoms with van der Waals surface area (Å²) < 4.78 is 5.77. The Morgan fingerprint density at radius 2 is 2.12 bits per heavy atom. The maximum atomic E-state index is 11.5. The normalized spacial score (nSPS) is 16.3. The third kappa shape index (κ3) is 8.16. The lowest BCUT2D eigenvalue weighted by atomic mass is 9.96. The number of carbonyl (C=O) groups is 1. The highest BCUT2D eigenvalue weighted by atomic mass is 16.5. The van der Waals surface area contributed by atoms with Crippen molar-refractivity contribution in [2.75, 3.05) is 13.2 Å². The summed E-state index contributed by atoms with van der Waals surface area (Å²) in [5, 5.41) is 11.7. The number of aliphatic hydroxyl groups excluding tert-OH is 1. The third-order valence-corrected chi connectivity index (χ3v) is 2.88. The van der Waals surface area contributed by atoms with E-state index in [1.807, 2.05) is 6.92 Å². The van der Waals surface area contributed by atoms with Gasteiger partial charge in [-0.2, -0.15) is 0 Å². The molecule has 0 rings (SSSR count). The molecule has 0 fully saturated rings. The second-order valence-electron chi connectivity index (χ2n) is 4.81. The molecule has 0 aliphatic rings. The van der Waals surface area contributed by atoms with Crippen molar-refractivity contribution in [3.8, 4) is 0 Å². The molecule has 17 heavy (non-hydrogen) atoms. The van der Waals surface area contributed by atoms with Crippen LogP contribution in [0.2, 0.25) is 0 Å². The minimum absolute atomic E-state index is 0.0225.